The number of methoxy groups -OCH3 is 1. The van der Waals surface area contributed by atoms with E-state index in [1.807, 2.05) is 0 Å². The molecule has 0 saturated carbocycles. The van der Waals surface area contributed by atoms with Gasteiger partial charge in [0, 0.05) is 32.3 Å². The summed E-state index contributed by atoms with van der Waals surface area (Å²) in [5.41, 5.74) is 9.07. The van der Waals surface area contributed by atoms with E-state index in [0.29, 0.717) is 12.0 Å². The van der Waals surface area contributed by atoms with Crippen molar-refractivity contribution in [1.29, 1.82) is 0 Å². The molecule has 2 N–H and O–H groups in total. The Balaban J connectivity index is 2.76. The molecule has 3 nitrogen and oxygen atoms in total. The summed E-state index contributed by atoms with van der Waals surface area (Å²) >= 11 is 0. The van der Waals surface area contributed by atoms with Crippen molar-refractivity contribution in [2.75, 3.05) is 26.8 Å². The van der Waals surface area contributed by atoms with Crippen LogP contribution >= 0.6 is 0 Å². The third-order valence-corrected chi connectivity index (χ3v) is 4.05. The molecule has 0 fully saturated rings. The van der Waals surface area contributed by atoms with Crippen LogP contribution in [0.4, 0.5) is 0 Å². The number of nitrogens with zero attached hydrogens (tertiary/aromatic N) is 1. The number of benzene rings is 1. The van der Waals surface area contributed by atoms with Crippen molar-refractivity contribution in [2.24, 2.45) is 11.7 Å². The zero-order valence-electron chi connectivity index (χ0n) is 14.3. The molecule has 3 heteroatoms. The van der Waals surface area contributed by atoms with Gasteiger partial charge in [-0.1, -0.05) is 45.0 Å². The SMILES string of the molecule is CCc1ccc(C(N)C(C)N(CCOC)CC(C)C)cc1. The lowest BCUT2D eigenvalue weighted by molar-refractivity contribution is 0.105. The van der Waals surface area contributed by atoms with Crippen molar-refractivity contribution in [1.82, 2.24) is 4.90 Å². The van der Waals surface area contributed by atoms with Crippen LogP contribution in [0.3, 0.4) is 0 Å². The van der Waals surface area contributed by atoms with Gasteiger partial charge < -0.3 is 10.5 Å². The monoisotopic (exact) mass is 292 g/mol. The van der Waals surface area contributed by atoms with Gasteiger partial charge in [0.2, 0.25) is 0 Å². The fraction of sp³-hybridized carbons (Fsp3) is 0.667. The quantitative estimate of drug-likeness (QED) is 0.759. The maximum Gasteiger partial charge on any atom is 0.0589 e. The van der Waals surface area contributed by atoms with Crippen molar-refractivity contribution < 1.29 is 4.74 Å². The lowest BCUT2D eigenvalue weighted by Gasteiger charge is -2.34. The first kappa shape index (κ1) is 18.1. The molecule has 21 heavy (non-hydrogen) atoms. The first-order valence-electron chi connectivity index (χ1n) is 8.07. The molecule has 0 bridgehead atoms. The predicted molar refractivity (Wildman–Crippen MR) is 90.5 cm³/mol. The van der Waals surface area contributed by atoms with Gasteiger partial charge in [-0.3, -0.25) is 4.90 Å². The van der Waals surface area contributed by atoms with Crippen LogP contribution in [-0.2, 0) is 11.2 Å². The fourth-order valence-corrected chi connectivity index (χ4v) is 2.62. The Bertz CT molecular complexity index is 389. The molecule has 2 atom stereocenters. The standard InChI is InChI=1S/C18H32N2O/c1-6-16-7-9-17(10-8-16)18(19)15(4)20(11-12-21-5)13-14(2)3/h7-10,14-15,18H,6,11-13,19H2,1-5H3. The van der Waals surface area contributed by atoms with E-state index in [0.717, 1.165) is 26.1 Å². The van der Waals surface area contributed by atoms with Crippen molar-refractivity contribution in [2.45, 2.75) is 46.2 Å². The van der Waals surface area contributed by atoms with Gasteiger partial charge in [-0.05, 0) is 30.4 Å². The van der Waals surface area contributed by atoms with Crippen LogP contribution in [0.15, 0.2) is 24.3 Å². The first-order chi connectivity index (χ1) is 9.99. The van der Waals surface area contributed by atoms with Crippen molar-refractivity contribution >= 4 is 0 Å². The molecule has 0 heterocycles. The minimum Gasteiger partial charge on any atom is -0.383 e. The van der Waals surface area contributed by atoms with Gasteiger partial charge in [-0.2, -0.15) is 0 Å². The average molecular weight is 292 g/mol. The van der Waals surface area contributed by atoms with Gasteiger partial charge in [0.25, 0.3) is 0 Å². The molecule has 120 valence electrons. The van der Waals surface area contributed by atoms with E-state index in [1.54, 1.807) is 7.11 Å². The molecule has 1 rings (SSSR count). The van der Waals surface area contributed by atoms with Gasteiger partial charge in [0.05, 0.1) is 6.61 Å². The van der Waals surface area contributed by atoms with Gasteiger partial charge in [-0.25, -0.2) is 0 Å². The maximum absolute atomic E-state index is 6.50. The topological polar surface area (TPSA) is 38.5 Å². The lowest BCUT2D eigenvalue weighted by atomic mass is 9.97. The molecule has 0 saturated heterocycles. The highest BCUT2D eigenvalue weighted by Gasteiger charge is 2.22. The highest BCUT2D eigenvalue weighted by Crippen LogP contribution is 2.20. The Morgan fingerprint density at radius 3 is 2.24 bits per heavy atom. The molecule has 0 amide bonds. The molecular formula is C18H32N2O. The fourth-order valence-electron chi connectivity index (χ4n) is 2.62. The van der Waals surface area contributed by atoms with E-state index in [9.17, 15) is 0 Å². The van der Waals surface area contributed by atoms with Gasteiger partial charge in [-0.15, -0.1) is 0 Å². The number of aryl methyl sites for hydroxylation is 1. The largest absolute Gasteiger partial charge is 0.383 e. The second kappa shape index (κ2) is 9.19. The van der Waals surface area contributed by atoms with Crippen LogP contribution < -0.4 is 5.73 Å². The second-order valence-corrected chi connectivity index (χ2v) is 6.24. The van der Waals surface area contributed by atoms with Crippen LogP contribution in [0.2, 0.25) is 0 Å². The van der Waals surface area contributed by atoms with Gasteiger partial charge >= 0.3 is 0 Å². The minimum atomic E-state index is 0.0338. The molecule has 0 spiro atoms. The summed E-state index contributed by atoms with van der Waals surface area (Å²) in [6.45, 7) is 11.6. The summed E-state index contributed by atoms with van der Waals surface area (Å²) in [4.78, 5) is 2.44. The zero-order chi connectivity index (χ0) is 15.8. The normalized spacial score (nSPS) is 14.7. The summed E-state index contributed by atoms with van der Waals surface area (Å²) in [5.74, 6) is 0.624. The van der Waals surface area contributed by atoms with Crippen LogP contribution in [0, 0.1) is 5.92 Å². The molecule has 0 aromatic heterocycles. The third kappa shape index (κ3) is 5.77. The maximum atomic E-state index is 6.50. The molecule has 0 aliphatic rings. The van der Waals surface area contributed by atoms with Crippen LogP contribution in [0.25, 0.3) is 0 Å². The smallest absolute Gasteiger partial charge is 0.0589 e. The van der Waals surface area contributed by atoms with Crippen LogP contribution in [-0.4, -0.2) is 37.7 Å². The number of rotatable bonds is 9. The van der Waals surface area contributed by atoms with Gasteiger partial charge in [0.15, 0.2) is 0 Å². The summed E-state index contributed by atoms with van der Waals surface area (Å²) in [7, 11) is 1.75. The van der Waals surface area contributed by atoms with E-state index in [1.165, 1.54) is 11.1 Å². The molecule has 0 aliphatic carbocycles. The average Bonchev–Trinajstić information content (AvgIpc) is 2.49. The molecule has 2 unspecified atom stereocenters. The van der Waals surface area contributed by atoms with E-state index >= 15 is 0 Å². The summed E-state index contributed by atoms with van der Waals surface area (Å²) in [6, 6.07) is 9.04. The van der Waals surface area contributed by atoms with Crippen LogP contribution in [0.1, 0.15) is 44.9 Å². The molecule has 0 radical (unpaired) electrons. The van der Waals surface area contributed by atoms with E-state index in [4.69, 9.17) is 10.5 Å². The van der Waals surface area contributed by atoms with E-state index in [2.05, 4.69) is 56.9 Å². The highest BCUT2D eigenvalue weighted by molar-refractivity contribution is 5.25. The van der Waals surface area contributed by atoms with Crippen molar-refractivity contribution in [3.05, 3.63) is 35.4 Å². The van der Waals surface area contributed by atoms with Crippen LogP contribution in [0.5, 0.6) is 0 Å². The highest BCUT2D eigenvalue weighted by atomic mass is 16.5. The number of nitrogens with two attached hydrogens (primary N) is 1. The molecule has 1 aromatic carbocycles. The third-order valence-electron chi connectivity index (χ3n) is 4.05. The van der Waals surface area contributed by atoms with Crippen molar-refractivity contribution in [3.8, 4) is 0 Å². The molecular weight excluding hydrogens is 260 g/mol. The minimum absolute atomic E-state index is 0.0338. The zero-order valence-corrected chi connectivity index (χ0v) is 14.3. The molecule has 0 aliphatic heterocycles. The number of hydrogen-bond acceptors (Lipinski definition) is 3. The van der Waals surface area contributed by atoms with E-state index in [-0.39, 0.29) is 6.04 Å². The summed E-state index contributed by atoms with van der Waals surface area (Å²) in [6.07, 6.45) is 1.07. The Morgan fingerprint density at radius 2 is 1.76 bits per heavy atom. The summed E-state index contributed by atoms with van der Waals surface area (Å²) < 4.78 is 5.24. The number of ether oxygens (including phenoxy) is 1. The summed E-state index contributed by atoms with van der Waals surface area (Å²) in [5, 5.41) is 0. The Labute approximate surface area is 130 Å². The Kier molecular flexibility index (Phi) is 7.94. The lowest BCUT2D eigenvalue weighted by Crippen LogP contribution is -2.44. The molecule has 1 aromatic rings. The second-order valence-electron chi connectivity index (χ2n) is 6.24. The van der Waals surface area contributed by atoms with Gasteiger partial charge in [0.1, 0.15) is 0 Å². The van der Waals surface area contributed by atoms with Crippen molar-refractivity contribution in [3.63, 3.8) is 0 Å². The predicted octanol–water partition coefficient (Wildman–Crippen LogP) is 3.24. The van der Waals surface area contributed by atoms with E-state index < -0.39 is 0 Å². The Hall–Kier alpha value is -0.900. The number of hydrogen-bond donors (Lipinski definition) is 1. The first-order valence-corrected chi connectivity index (χ1v) is 8.07. The Morgan fingerprint density at radius 1 is 1.14 bits per heavy atom.